The maximum absolute atomic E-state index is 16.5. The van der Waals surface area contributed by atoms with Crippen LogP contribution < -0.4 is 30.7 Å². The number of likely N-dealkylation sites (tertiary alicyclic amines) is 2. The van der Waals surface area contributed by atoms with Gasteiger partial charge in [0.25, 0.3) is 0 Å². The number of aryl methyl sites for hydroxylation is 1. The van der Waals surface area contributed by atoms with Crippen LogP contribution in [0, 0.1) is 23.0 Å². The first kappa shape index (κ1) is 50.5. The summed E-state index contributed by atoms with van der Waals surface area (Å²) in [6.07, 6.45) is 12.0. The van der Waals surface area contributed by atoms with Crippen LogP contribution in [-0.4, -0.2) is 114 Å². The van der Waals surface area contributed by atoms with E-state index in [1.54, 1.807) is 4.90 Å². The number of nitrogens with two attached hydrogens (primary N) is 1. The van der Waals surface area contributed by atoms with Gasteiger partial charge in [-0.15, -0.1) is 0 Å². The van der Waals surface area contributed by atoms with Gasteiger partial charge in [-0.25, -0.2) is 13.6 Å². The SMILES string of the molecule is CC1c2c(cc(F)c(Cl)c2-c2c(C(N)=O)ccc(OCCO)c2F)OC1(CNC1CCC(CN2CCC3(CC2)CC(N2CCC(c4ccc5c(N6CCC(=O)NC6=O)nn(C)c5c4)CC2)C3)CC1)c1ccccc1. The molecule has 2 saturated carbocycles. The molecule has 4 aromatic carbocycles. The number of hydrogen-bond acceptors (Lipinski definition) is 10. The second kappa shape index (κ2) is 20.5. The van der Waals surface area contributed by atoms with Gasteiger partial charge in [-0.2, -0.15) is 5.10 Å². The third-order valence-corrected chi connectivity index (χ3v) is 18.2. The molecule has 5 aromatic rings. The lowest BCUT2D eigenvalue weighted by atomic mass is 9.59. The third kappa shape index (κ3) is 9.32. The normalized spacial score (nSPS) is 24.7. The maximum Gasteiger partial charge on any atom is 0.329 e. The van der Waals surface area contributed by atoms with Crippen LogP contribution in [0.1, 0.15) is 116 Å². The Morgan fingerprint density at radius 1 is 0.959 bits per heavy atom. The molecule has 14 nitrogen and oxygen atoms in total. The minimum atomic E-state index is -1.02. The second-order valence-corrected chi connectivity index (χ2v) is 22.4. The van der Waals surface area contributed by atoms with Crippen molar-refractivity contribution in [3.63, 3.8) is 0 Å². The molecule has 74 heavy (non-hydrogen) atoms. The number of carbonyl (C=O) groups is 3. The van der Waals surface area contributed by atoms with E-state index in [1.807, 2.05) is 49.0 Å². The van der Waals surface area contributed by atoms with Crippen LogP contribution in [0.5, 0.6) is 11.5 Å². The number of ether oxygens (including phenoxy) is 2. The van der Waals surface area contributed by atoms with Crippen LogP contribution in [0.25, 0.3) is 22.0 Å². The highest BCUT2D eigenvalue weighted by molar-refractivity contribution is 6.34. The molecular weight excluding hydrogens is 966 g/mol. The third-order valence-electron chi connectivity index (χ3n) is 17.8. The molecule has 11 rings (SSSR count). The molecule has 0 radical (unpaired) electrons. The van der Waals surface area contributed by atoms with Gasteiger partial charge >= 0.3 is 6.03 Å². The van der Waals surface area contributed by atoms with Crippen molar-refractivity contribution >= 4 is 46.2 Å². The van der Waals surface area contributed by atoms with Gasteiger partial charge in [-0.3, -0.25) is 24.5 Å². The number of primary amides is 1. The molecule has 392 valence electrons. The van der Waals surface area contributed by atoms with Gasteiger partial charge in [0.1, 0.15) is 18.2 Å². The van der Waals surface area contributed by atoms with Crippen molar-refractivity contribution in [2.75, 3.05) is 63.9 Å². The van der Waals surface area contributed by atoms with E-state index < -0.39 is 35.1 Å². The lowest BCUT2D eigenvalue weighted by Crippen LogP contribution is -2.56. The minimum Gasteiger partial charge on any atom is -0.488 e. The largest absolute Gasteiger partial charge is 0.488 e. The van der Waals surface area contributed by atoms with Crippen molar-refractivity contribution in [2.24, 2.45) is 24.1 Å². The van der Waals surface area contributed by atoms with Crippen LogP contribution in [-0.2, 0) is 17.4 Å². The standard InChI is InChI=1S/C57H67ClF2N8O6/c1-34-48-46(29-43(59)51(58)50(48)49-42(53(61)71)14-15-45(52(49)60)73-27-26-69)74-57(34,38-6-4-3-5-7-38)33-62-39-11-8-35(9-12-39)32-66-24-19-56(20-25-66)30-40(31-56)67-21-16-36(17-22-67)37-10-13-41-44(28-37)65(2)64-54(41)68-23-18-47(70)63-55(68)72/h3-7,10,13-15,28-29,34-36,39-40,62,69H,8-9,11-12,16-27,30-33H2,1-2H3,(H2,61,71)(H,63,70,72). The second-order valence-electron chi connectivity index (χ2n) is 22.0. The first-order chi connectivity index (χ1) is 35.7. The number of aliphatic hydroxyl groups excluding tert-OH is 1. The summed E-state index contributed by atoms with van der Waals surface area (Å²) in [4.78, 5) is 44.2. The van der Waals surface area contributed by atoms with Crippen LogP contribution in [0.3, 0.4) is 0 Å². The number of amides is 4. The number of aromatic nitrogens is 2. The van der Waals surface area contributed by atoms with Gasteiger partial charge in [0, 0.05) is 79.2 Å². The van der Waals surface area contributed by atoms with Crippen molar-refractivity contribution < 1.29 is 37.7 Å². The van der Waals surface area contributed by atoms with Crippen molar-refractivity contribution in [1.29, 1.82) is 0 Å². The topological polar surface area (TPSA) is 168 Å². The number of nitrogens with zero attached hydrogens (tertiary/aromatic N) is 5. The number of rotatable bonds is 14. The number of benzene rings is 4. The Hall–Kier alpha value is -5.65. The van der Waals surface area contributed by atoms with Crippen molar-refractivity contribution in [1.82, 2.24) is 30.2 Å². The maximum atomic E-state index is 16.5. The van der Waals surface area contributed by atoms with E-state index in [1.165, 1.54) is 62.5 Å². The van der Waals surface area contributed by atoms with Gasteiger partial charge in [0.2, 0.25) is 11.8 Å². The lowest BCUT2D eigenvalue weighted by Gasteiger charge is -2.56. The van der Waals surface area contributed by atoms with E-state index in [2.05, 4.69) is 43.7 Å². The Bertz CT molecular complexity index is 2940. The van der Waals surface area contributed by atoms with Gasteiger partial charge in [-0.05, 0) is 143 Å². The molecular formula is C57H67ClF2N8O6. The Balaban J connectivity index is 0.670. The summed E-state index contributed by atoms with van der Waals surface area (Å²) >= 11 is 6.75. The quantitative estimate of drug-likeness (QED) is 0.0845. The molecule has 3 saturated heterocycles. The molecule has 1 aromatic heterocycles. The number of urea groups is 1. The summed E-state index contributed by atoms with van der Waals surface area (Å²) in [6, 6.07) is 20.7. The highest BCUT2D eigenvalue weighted by Crippen LogP contribution is 2.57. The predicted molar refractivity (Wildman–Crippen MR) is 280 cm³/mol. The summed E-state index contributed by atoms with van der Waals surface area (Å²) in [5.74, 6) is -1.69. The zero-order chi connectivity index (χ0) is 51.5. The summed E-state index contributed by atoms with van der Waals surface area (Å²) in [5, 5.41) is 20.9. The lowest BCUT2D eigenvalue weighted by molar-refractivity contribution is -0.120. The number of anilines is 1. The number of piperidine rings is 2. The number of aliphatic hydroxyl groups is 1. The first-order valence-electron chi connectivity index (χ1n) is 26.7. The van der Waals surface area contributed by atoms with Crippen LogP contribution in [0.4, 0.5) is 19.4 Å². The van der Waals surface area contributed by atoms with E-state index >= 15 is 8.78 Å². The summed E-state index contributed by atoms with van der Waals surface area (Å²) in [7, 11) is 1.92. The molecule has 5 fully saturated rings. The molecule has 0 bridgehead atoms. The fourth-order valence-electron chi connectivity index (χ4n) is 13.6. The van der Waals surface area contributed by atoms with Crippen LogP contribution in [0.2, 0.25) is 5.02 Å². The number of carbonyl (C=O) groups excluding carboxylic acids is 3. The minimum absolute atomic E-state index is 0.00721. The monoisotopic (exact) mass is 1030 g/mol. The molecule has 6 aliphatic rings. The first-order valence-corrected chi connectivity index (χ1v) is 27.0. The van der Waals surface area contributed by atoms with Crippen LogP contribution in [0.15, 0.2) is 66.7 Å². The molecule has 2 unspecified atom stereocenters. The van der Waals surface area contributed by atoms with E-state index in [4.69, 9.17) is 26.8 Å². The molecule has 1 spiro atoms. The molecule has 4 amide bonds. The van der Waals surface area contributed by atoms with Crippen molar-refractivity contribution in [3.05, 3.63) is 106 Å². The molecule has 2 aliphatic carbocycles. The molecule has 5 heterocycles. The number of imide groups is 1. The van der Waals surface area contributed by atoms with E-state index in [0.717, 1.165) is 74.6 Å². The fourth-order valence-corrected chi connectivity index (χ4v) is 13.8. The Morgan fingerprint density at radius 2 is 1.70 bits per heavy atom. The van der Waals surface area contributed by atoms with E-state index in [9.17, 15) is 19.5 Å². The Morgan fingerprint density at radius 3 is 2.41 bits per heavy atom. The average molecular weight is 1030 g/mol. The number of halogens is 3. The molecule has 2 atom stereocenters. The van der Waals surface area contributed by atoms with E-state index in [-0.39, 0.29) is 64.8 Å². The summed E-state index contributed by atoms with van der Waals surface area (Å²) < 4.78 is 46.6. The highest BCUT2D eigenvalue weighted by atomic mass is 35.5. The summed E-state index contributed by atoms with van der Waals surface area (Å²) in [5.41, 5.74) is 8.45. The van der Waals surface area contributed by atoms with E-state index in [0.29, 0.717) is 47.8 Å². The number of nitrogens with one attached hydrogen (secondary N) is 2. The van der Waals surface area contributed by atoms with Gasteiger partial charge in [-0.1, -0.05) is 54.9 Å². The molecule has 17 heteroatoms. The average Bonchev–Trinajstić information content (AvgIpc) is 3.88. The van der Waals surface area contributed by atoms with Gasteiger partial charge in [0.15, 0.2) is 23.0 Å². The molecule has 5 N–H and O–H groups in total. The van der Waals surface area contributed by atoms with Crippen LogP contribution >= 0.6 is 11.6 Å². The Kier molecular flexibility index (Phi) is 14.0. The number of hydrogen-bond donors (Lipinski definition) is 4. The zero-order valence-electron chi connectivity index (χ0n) is 42.3. The van der Waals surface area contributed by atoms with Gasteiger partial charge in [0.05, 0.1) is 22.7 Å². The van der Waals surface area contributed by atoms with Crippen molar-refractivity contribution in [2.45, 2.75) is 107 Å². The zero-order valence-corrected chi connectivity index (χ0v) is 43.1. The predicted octanol–water partition coefficient (Wildman–Crippen LogP) is 8.75. The smallest absolute Gasteiger partial charge is 0.329 e. The van der Waals surface area contributed by atoms with Gasteiger partial charge < -0.3 is 35.4 Å². The van der Waals surface area contributed by atoms with Crippen molar-refractivity contribution in [3.8, 4) is 22.6 Å². The Labute approximate surface area is 435 Å². The molecule has 4 aliphatic heterocycles. The highest BCUT2D eigenvalue weighted by Gasteiger charge is 2.51. The number of fused-ring (bicyclic) bond motifs is 2. The summed E-state index contributed by atoms with van der Waals surface area (Å²) in [6.45, 7) is 7.84. The fraction of sp³-hybridized carbons (Fsp3) is 0.509.